The van der Waals surface area contributed by atoms with Gasteiger partial charge in [-0.25, -0.2) is 0 Å². The summed E-state index contributed by atoms with van der Waals surface area (Å²) in [6, 6.07) is 15.1. The normalized spacial score (nSPS) is 12.4. The van der Waals surface area contributed by atoms with Crippen molar-refractivity contribution in [2.45, 2.75) is 19.5 Å². The van der Waals surface area contributed by atoms with Gasteiger partial charge in [-0.3, -0.25) is 14.7 Å². The van der Waals surface area contributed by atoms with Crippen LogP contribution in [0.2, 0.25) is 0 Å². The molecule has 0 bridgehead atoms. The molecule has 0 amide bonds. The molecular formula is C16H18N2O. The van der Waals surface area contributed by atoms with Gasteiger partial charge in [0.1, 0.15) is 0 Å². The molecule has 1 atom stereocenters. The van der Waals surface area contributed by atoms with Crippen LogP contribution >= 0.6 is 0 Å². The van der Waals surface area contributed by atoms with Gasteiger partial charge in [-0.1, -0.05) is 36.4 Å². The predicted octanol–water partition coefficient (Wildman–Crippen LogP) is 2.78. The van der Waals surface area contributed by atoms with Crippen LogP contribution in [-0.4, -0.2) is 28.8 Å². The number of hydrogen-bond acceptors (Lipinski definition) is 3. The first-order chi connectivity index (χ1) is 9.18. The third-order valence-electron chi connectivity index (χ3n) is 3.24. The van der Waals surface area contributed by atoms with Gasteiger partial charge in [0.05, 0.1) is 11.7 Å². The molecule has 0 fully saturated rings. The maximum atomic E-state index is 12.3. The van der Waals surface area contributed by atoms with E-state index in [0.717, 1.165) is 11.3 Å². The zero-order chi connectivity index (χ0) is 13.7. The third kappa shape index (κ3) is 3.48. The number of rotatable bonds is 5. The van der Waals surface area contributed by atoms with Crippen molar-refractivity contribution in [2.24, 2.45) is 0 Å². The van der Waals surface area contributed by atoms with Crippen molar-refractivity contribution < 1.29 is 4.79 Å². The highest BCUT2D eigenvalue weighted by molar-refractivity contribution is 5.99. The van der Waals surface area contributed by atoms with Crippen molar-refractivity contribution >= 4 is 5.78 Å². The van der Waals surface area contributed by atoms with Gasteiger partial charge in [-0.15, -0.1) is 0 Å². The van der Waals surface area contributed by atoms with E-state index in [4.69, 9.17) is 0 Å². The molecule has 1 aromatic heterocycles. The number of likely N-dealkylation sites (N-methyl/N-ethyl adjacent to an activating group) is 1. The molecule has 0 spiro atoms. The molecule has 2 aromatic rings. The number of benzene rings is 1. The van der Waals surface area contributed by atoms with Gasteiger partial charge in [0.2, 0.25) is 0 Å². The van der Waals surface area contributed by atoms with E-state index in [1.165, 1.54) is 0 Å². The van der Waals surface area contributed by atoms with Crippen LogP contribution in [0.3, 0.4) is 0 Å². The summed E-state index contributed by atoms with van der Waals surface area (Å²) >= 11 is 0. The standard InChI is InChI=1S/C16H18N2O/c1-13(16(19)14-8-4-3-5-9-14)18(2)12-15-10-6-7-11-17-15/h3-11,13H,12H2,1-2H3. The Morgan fingerprint density at radius 3 is 2.47 bits per heavy atom. The Morgan fingerprint density at radius 2 is 1.84 bits per heavy atom. The van der Waals surface area contributed by atoms with Gasteiger partial charge in [0, 0.05) is 18.3 Å². The average Bonchev–Trinajstić information content (AvgIpc) is 2.47. The van der Waals surface area contributed by atoms with Gasteiger partial charge in [0.25, 0.3) is 0 Å². The molecule has 0 aliphatic heterocycles. The van der Waals surface area contributed by atoms with E-state index in [-0.39, 0.29) is 11.8 Å². The molecule has 1 aromatic carbocycles. The fourth-order valence-electron chi connectivity index (χ4n) is 1.93. The summed E-state index contributed by atoms with van der Waals surface area (Å²) in [6.45, 7) is 2.60. The lowest BCUT2D eigenvalue weighted by Gasteiger charge is -2.23. The number of carbonyl (C=O) groups is 1. The van der Waals surface area contributed by atoms with Crippen LogP contribution < -0.4 is 0 Å². The van der Waals surface area contributed by atoms with E-state index in [9.17, 15) is 4.79 Å². The van der Waals surface area contributed by atoms with E-state index in [0.29, 0.717) is 6.54 Å². The first kappa shape index (κ1) is 13.4. The highest BCUT2D eigenvalue weighted by Gasteiger charge is 2.19. The monoisotopic (exact) mass is 254 g/mol. The molecule has 19 heavy (non-hydrogen) atoms. The van der Waals surface area contributed by atoms with Crippen molar-refractivity contribution in [1.29, 1.82) is 0 Å². The molecule has 3 nitrogen and oxygen atoms in total. The van der Waals surface area contributed by atoms with E-state index < -0.39 is 0 Å². The first-order valence-corrected chi connectivity index (χ1v) is 6.38. The molecule has 1 unspecified atom stereocenters. The summed E-state index contributed by atoms with van der Waals surface area (Å²) in [5.74, 6) is 0.138. The van der Waals surface area contributed by atoms with Gasteiger partial charge >= 0.3 is 0 Å². The smallest absolute Gasteiger partial charge is 0.179 e. The fraction of sp³-hybridized carbons (Fsp3) is 0.250. The lowest BCUT2D eigenvalue weighted by Crippen LogP contribution is -2.35. The Hall–Kier alpha value is -2.00. The summed E-state index contributed by atoms with van der Waals surface area (Å²) in [7, 11) is 1.94. The second-order valence-electron chi connectivity index (χ2n) is 4.64. The SMILES string of the molecule is CC(C(=O)c1ccccc1)N(C)Cc1ccccn1. The number of Topliss-reactive ketones (excluding diaryl/α,β-unsaturated/α-hetero) is 1. The van der Waals surface area contributed by atoms with Gasteiger partial charge in [-0.2, -0.15) is 0 Å². The van der Waals surface area contributed by atoms with E-state index in [1.54, 1.807) is 6.20 Å². The second kappa shape index (κ2) is 6.25. The van der Waals surface area contributed by atoms with Gasteiger partial charge in [0.15, 0.2) is 5.78 Å². The fourth-order valence-corrected chi connectivity index (χ4v) is 1.93. The molecule has 3 heteroatoms. The largest absolute Gasteiger partial charge is 0.292 e. The van der Waals surface area contributed by atoms with Crippen LogP contribution in [0.15, 0.2) is 54.7 Å². The van der Waals surface area contributed by atoms with Crippen molar-refractivity contribution in [1.82, 2.24) is 9.88 Å². The van der Waals surface area contributed by atoms with Crippen LogP contribution in [0.25, 0.3) is 0 Å². The molecular weight excluding hydrogens is 236 g/mol. The van der Waals surface area contributed by atoms with E-state index in [2.05, 4.69) is 4.98 Å². The van der Waals surface area contributed by atoms with E-state index in [1.807, 2.05) is 67.4 Å². The minimum atomic E-state index is -0.163. The van der Waals surface area contributed by atoms with Crippen molar-refractivity contribution in [2.75, 3.05) is 7.05 Å². The van der Waals surface area contributed by atoms with Gasteiger partial charge in [-0.05, 0) is 26.1 Å². The quantitative estimate of drug-likeness (QED) is 0.769. The van der Waals surface area contributed by atoms with Crippen LogP contribution in [0, 0.1) is 0 Å². The van der Waals surface area contributed by atoms with Crippen LogP contribution in [0.1, 0.15) is 23.0 Å². The first-order valence-electron chi connectivity index (χ1n) is 6.38. The molecule has 0 saturated heterocycles. The lowest BCUT2D eigenvalue weighted by atomic mass is 10.0. The molecule has 0 aliphatic carbocycles. The van der Waals surface area contributed by atoms with E-state index >= 15 is 0 Å². The zero-order valence-electron chi connectivity index (χ0n) is 11.3. The molecule has 1 heterocycles. The average molecular weight is 254 g/mol. The zero-order valence-corrected chi connectivity index (χ0v) is 11.3. The lowest BCUT2D eigenvalue weighted by molar-refractivity contribution is 0.0861. The molecule has 2 rings (SSSR count). The Bertz CT molecular complexity index is 525. The number of carbonyl (C=O) groups excluding carboxylic acids is 1. The topological polar surface area (TPSA) is 33.2 Å². The number of pyridine rings is 1. The highest BCUT2D eigenvalue weighted by Crippen LogP contribution is 2.10. The molecule has 0 aliphatic rings. The summed E-state index contributed by atoms with van der Waals surface area (Å²) in [5, 5.41) is 0. The number of hydrogen-bond donors (Lipinski definition) is 0. The minimum absolute atomic E-state index is 0.138. The number of aromatic nitrogens is 1. The number of nitrogens with zero attached hydrogens (tertiary/aromatic N) is 2. The maximum Gasteiger partial charge on any atom is 0.179 e. The third-order valence-corrected chi connectivity index (χ3v) is 3.24. The molecule has 0 saturated carbocycles. The van der Waals surface area contributed by atoms with Crippen LogP contribution in [-0.2, 0) is 6.54 Å². The van der Waals surface area contributed by atoms with Crippen molar-refractivity contribution in [3.05, 3.63) is 66.0 Å². The Morgan fingerprint density at radius 1 is 1.16 bits per heavy atom. The Kier molecular flexibility index (Phi) is 4.42. The van der Waals surface area contributed by atoms with Crippen LogP contribution in [0.5, 0.6) is 0 Å². The molecule has 0 radical (unpaired) electrons. The summed E-state index contributed by atoms with van der Waals surface area (Å²) < 4.78 is 0. The summed E-state index contributed by atoms with van der Waals surface area (Å²) in [5.41, 5.74) is 1.72. The maximum absolute atomic E-state index is 12.3. The number of ketones is 1. The molecule has 0 N–H and O–H groups in total. The summed E-state index contributed by atoms with van der Waals surface area (Å²) in [6.07, 6.45) is 1.77. The van der Waals surface area contributed by atoms with Crippen molar-refractivity contribution in [3.63, 3.8) is 0 Å². The summed E-state index contributed by atoms with van der Waals surface area (Å²) in [4.78, 5) is 18.6. The predicted molar refractivity (Wildman–Crippen MR) is 75.9 cm³/mol. The van der Waals surface area contributed by atoms with Crippen molar-refractivity contribution in [3.8, 4) is 0 Å². The minimum Gasteiger partial charge on any atom is -0.292 e. The molecule has 98 valence electrons. The van der Waals surface area contributed by atoms with Gasteiger partial charge < -0.3 is 0 Å². The second-order valence-corrected chi connectivity index (χ2v) is 4.64. The van der Waals surface area contributed by atoms with Crippen LogP contribution in [0.4, 0.5) is 0 Å². The highest BCUT2D eigenvalue weighted by atomic mass is 16.1. The Balaban J connectivity index is 2.03. The Labute approximate surface area is 113 Å².